The minimum Gasteiger partial charge on any atom is -0.314 e. The zero-order chi connectivity index (χ0) is 9.26. The summed E-state index contributed by atoms with van der Waals surface area (Å²) in [5.74, 6) is 0. The van der Waals surface area contributed by atoms with E-state index in [0.29, 0.717) is 6.04 Å². The normalized spacial score (nSPS) is 23.4. The van der Waals surface area contributed by atoms with Gasteiger partial charge in [0.15, 0.2) is 0 Å². The Kier molecular flexibility index (Phi) is 2.67. The molecule has 0 spiro atoms. The van der Waals surface area contributed by atoms with Gasteiger partial charge in [-0.25, -0.2) is 0 Å². The van der Waals surface area contributed by atoms with Crippen molar-refractivity contribution in [2.45, 2.75) is 19.9 Å². The van der Waals surface area contributed by atoms with Crippen LogP contribution in [0.1, 0.15) is 21.4 Å². The van der Waals surface area contributed by atoms with Crippen LogP contribution in [0.5, 0.6) is 0 Å². The second-order valence-corrected chi connectivity index (χ2v) is 4.89. The zero-order valence-electron chi connectivity index (χ0n) is 8.18. The summed E-state index contributed by atoms with van der Waals surface area (Å²) in [6.45, 7) is 7.63. The predicted molar refractivity (Wildman–Crippen MR) is 57.4 cm³/mol. The number of hydrogen-bond acceptors (Lipinski definition) is 3. The molecular formula is C10H16N2S. The molecule has 13 heavy (non-hydrogen) atoms. The summed E-state index contributed by atoms with van der Waals surface area (Å²) in [6.07, 6.45) is 0. The maximum Gasteiger partial charge on any atom is 0.0542 e. The average molecular weight is 196 g/mol. The summed E-state index contributed by atoms with van der Waals surface area (Å²) >= 11 is 1.92. The summed E-state index contributed by atoms with van der Waals surface area (Å²) in [4.78, 5) is 2.92. The molecule has 2 N–H and O–H groups in total. The fraction of sp³-hybridized carbons (Fsp3) is 0.600. The molecule has 0 aliphatic carbocycles. The Morgan fingerprint density at radius 2 is 2.23 bits per heavy atom. The molecule has 0 aromatic carbocycles. The van der Waals surface area contributed by atoms with E-state index in [4.69, 9.17) is 0 Å². The Bertz CT molecular complexity index is 268. The molecule has 0 bridgehead atoms. The van der Waals surface area contributed by atoms with E-state index in [-0.39, 0.29) is 0 Å². The summed E-state index contributed by atoms with van der Waals surface area (Å²) in [5.41, 5.74) is 1.42. The van der Waals surface area contributed by atoms with Gasteiger partial charge in [0, 0.05) is 29.4 Å². The van der Waals surface area contributed by atoms with E-state index in [9.17, 15) is 0 Å². The van der Waals surface area contributed by atoms with E-state index in [0.717, 1.165) is 19.6 Å². The molecule has 1 aliphatic rings. The molecule has 2 nitrogen and oxygen atoms in total. The summed E-state index contributed by atoms with van der Waals surface area (Å²) in [7, 11) is 0. The second kappa shape index (κ2) is 3.78. The van der Waals surface area contributed by atoms with Crippen LogP contribution < -0.4 is 10.6 Å². The van der Waals surface area contributed by atoms with E-state index >= 15 is 0 Å². The Labute approximate surface area is 83.4 Å². The third-order valence-corrected chi connectivity index (χ3v) is 3.84. The summed E-state index contributed by atoms with van der Waals surface area (Å²) in [5, 5.41) is 6.93. The maximum absolute atomic E-state index is 3.52. The third kappa shape index (κ3) is 1.93. The molecule has 1 fully saturated rings. The van der Waals surface area contributed by atoms with Crippen LogP contribution in [-0.2, 0) is 0 Å². The van der Waals surface area contributed by atoms with Gasteiger partial charge in [-0.3, -0.25) is 0 Å². The highest BCUT2D eigenvalue weighted by Crippen LogP contribution is 2.26. The van der Waals surface area contributed by atoms with Crippen LogP contribution in [0.4, 0.5) is 0 Å². The highest BCUT2D eigenvalue weighted by Gasteiger charge is 2.16. The molecule has 0 radical (unpaired) electrons. The monoisotopic (exact) mass is 196 g/mol. The zero-order valence-corrected chi connectivity index (χ0v) is 9.00. The van der Waals surface area contributed by atoms with Crippen LogP contribution in [-0.4, -0.2) is 19.6 Å². The average Bonchev–Trinajstić information content (AvgIpc) is 2.49. The van der Waals surface area contributed by atoms with Crippen LogP contribution in [0.15, 0.2) is 6.07 Å². The van der Waals surface area contributed by atoms with Crippen LogP contribution in [0, 0.1) is 13.8 Å². The van der Waals surface area contributed by atoms with E-state index in [1.165, 1.54) is 15.3 Å². The van der Waals surface area contributed by atoms with Gasteiger partial charge in [-0.15, -0.1) is 11.3 Å². The molecule has 1 aromatic rings. The minimum absolute atomic E-state index is 0.533. The Morgan fingerprint density at radius 3 is 2.77 bits per heavy atom. The van der Waals surface area contributed by atoms with Crippen LogP contribution in [0.2, 0.25) is 0 Å². The first kappa shape index (κ1) is 9.19. The van der Waals surface area contributed by atoms with Crippen LogP contribution >= 0.6 is 11.3 Å². The van der Waals surface area contributed by atoms with Gasteiger partial charge in [0.25, 0.3) is 0 Å². The van der Waals surface area contributed by atoms with Crippen molar-refractivity contribution in [3.8, 4) is 0 Å². The van der Waals surface area contributed by atoms with E-state index in [1.807, 2.05) is 11.3 Å². The van der Waals surface area contributed by atoms with Crippen molar-refractivity contribution < 1.29 is 0 Å². The van der Waals surface area contributed by atoms with Crippen molar-refractivity contribution >= 4 is 11.3 Å². The number of thiophene rings is 1. The molecule has 3 heteroatoms. The van der Waals surface area contributed by atoms with Crippen molar-refractivity contribution in [3.05, 3.63) is 21.4 Å². The molecule has 1 aromatic heterocycles. The lowest BCUT2D eigenvalue weighted by molar-refractivity contribution is 0.435. The van der Waals surface area contributed by atoms with Gasteiger partial charge < -0.3 is 10.6 Å². The number of rotatable bonds is 1. The lowest BCUT2D eigenvalue weighted by atomic mass is 10.2. The van der Waals surface area contributed by atoms with Crippen molar-refractivity contribution in [1.82, 2.24) is 10.6 Å². The highest BCUT2D eigenvalue weighted by molar-refractivity contribution is 7.12. The Hall–Kier alpha value is -0.380. The van der Waals surface area contributed by atoms with Crippen molar-refractivity contribution in [2.75, 3.05) is 19.6 Å². The van der Waals surface area contributed by atoms with Gasteiger partial charge in [0.2, 0.25) is 0 Å². The van der Waals surface area contributed by atoms with Crippen LogP contribution in [0.25, 0.3) is 0 Å². The molecule has 2 heterocycles. The summed E-state index contributed by atoms with van der Waals surface area (Å²) in [6, 6.07) is 2.84. The van der Waals surface area contributed by atoms with Crippen LogP contribution in [0.3, 0.4) is 0 Å². The maximum atomic E-state index is 3.52. The Balaban J connectivity index is 2.14. The molecule has 0 saturated carbocycles. The Morgan fingerprint density at radius 1 is 1.38 bits per heavy atom. The molecule has 1 atom stereocenters. The fourth-order valence-corrected chi connectivity index (χ4v) is 2.75. The SMILES string of the molecule is Cc1cc(C2CNCCN2)sc1C. The van der Waals surface area contributed by atoms with Gasteiger partial charge in [-0.2, -0.15) is 0 Å². The number of aryl methyl sites for hydroxylation is 2. The van der Waals surface area contributed by atoms with Gasteiger partial charge in [0.05, 0.1) is 6.04 Å². The van der Waals surface area contributed by atoms with Gasteiger partial charge >= 0.3 is 0 Å². The smallest absolute Gasteiger partial charge is 0.0542 e. The molecular weight excluding hydrogens is 180 g/mol. The number of piperazine rings is 1. The van der Waals surface area contributed by atoms with Gasteiger partial charge in [-0.1, -0.05) is 0 Å². The highest BCUT2D eigenvalue weighted by atomic mass is 32.1. The molecule has 1 aliphatic heterocycles. The first-order valence-corrected chi connectivity index (χ1v) is 5.60. The number of nitrogens with one attached hydrogen (secondary N) is 2. The fourth-order valence-electron chi connectivity index (χ4n) is 1.63. The van der Waals surface area contributed by atoms with E-state index in [2.05, 4.69) is 30.5 Å². The lowest BCUT2D eigenvalue weighted by Crippen LogP contribution is -2.42. The van der Waals surface area contributed by atoms with Crippen molar-refractivity contribution in [2.24, 2.45) is 0 Å². The third-order valence-electron chi connectivity index (χ3n) is 2.57. The molecule has 1 saturated heterocycles. The first-order valence-electron chi connectivity index (χ1n) is 4.78. The van der Waals surface area contributed by atoms with Crippen molar-refractivity contribution in [3.63, 3.8) is 0 Å². The standard InChI is InChI=1S/C10H16N2S/c1-7-5-10(13-8(7)2)9-6-11-3-4-12-9/h5,9,11-12H,3-4,6H2,1-2H3. The quantitative estimate of drug-likeness (QED) is 0.713. The predicted octanol–water partition coefficient (Wildman–Crippen LogP) is 1.60. The topological polar surface area (TPSA) is 24.1 Å². The number of hydrogen-bond donors (Lipinski definition) is 2. The molecule has 2 rings (SSSR count). The molecule has 72 valence electrons. The molecule has 0 amide bonds. The molecule has 1 unspecified atom stereocenters. The largest absolute Gasteiger partial charge is 0.314 e. The van der Waals surface area contributed by atoms with E-state index in [1.54, 1.807) is 0 Å². The van der Waals surface area contributed by atoms with Gasteiger partial charge in [-0.05, 0) is 25.5 Å². The minimum atomic E-state index is 0.533. The van der Waals surface area contributed by atoms with E-state index < -0.39 is 0 Å². The second-order valence-electron chi connectivity index (χ2n) is 3.60. The van der Waals surface area contributed by atoms with Crippen molar-refractivity contribution in [1.29, 1.82) is 0 Å². The van der Waals surface area contributed by atoms with Gasteiger partial charge in [0.1, 0.15) is 0 Å². The summed E-state index contributed by atoms with van der Waals surface area (Å²) < 4.78 is 0. The lowest BCUT2D eigenvalue weighted by Gasteiger charge is -2.23. The first-order chi connectivity index (χ1) is 6.27.